The summed E-state index contributed by atoms with van der Waals surface area (Å²) in [5.74, 6) is 1.53. The van der Waals surface area contributed by atoms with Gasteiger partial charge in [-0.15, -0.1) is 0 Å². The Morgan fingerprint density at radius 3 is 2.19 bits per heavy atom. The Morgan fingerprint density at radius 2 is 1.71 bits per heavy atom. The van der Waals surface area contributed by atoms with Crippen LogP contribution in [0.1, 0.15) is 25.3 Å². The topological polar surface area (TPSA) is 60.0 Å². The van der Waals surface area contributed by atoms with Crippen LogP contribution in [0.5, 0.6) is 11.5 Å². The van der Waals surface area contributed by atoms with Crippen LogP contribution < -0.4 is 14.8 Å². The molecule has 1 aliphatic heterocycles. The van der Waals surface area contributed by atoms with E-state index in [-0.39, 0.29) is 6.04 Å². The average Bonchev–Trinajstić information content (AvgIpc) is 2.49. The van der Waals surface area contributed by atoms with Crippen molar-refractivity contribution in [3.05, 3.63) is 17.7 Å². The van der Waals surface area contributed by atoms with Crippen LogP contribution in [0.3, 0.4) is 0 Å². The number of nitrogens with one attached hydrogen (secondary N) is 1. The summed E-state index contributed by atoms with van der Waals surface area (Å²) in [6, 6.07) is 3.77. The van der Waals surface area contributed by atoms with Crippen molar-refractivity contribution in [2.24, 2.45) is 0 Å². The predicted molar refractivity (Wildman–Crippen MR) is 82.4 cm³/mol. The van der Waals surface area contributed by atoms with Crippen molar-refractivity contribution in [3.8, 4) is 11.5 Å². The first-order valence-electron chi connectivity index (χ1n) is 7.29. The van der Waals surface area contributed by atoms with Crippen LogP contribution in [0.25, 0.3) is 0 Å². The van der Waals surface area contributed by atoms with Crippen LogP contribution in [-0.2, 0) is 4.74 Å². The third-order valence-corrected chi connectivity index (χ3v) is 4.30. The lowest BCUT2D eigenvalue weighted by Gasteiger charge is -2.38. The summed E-state index contributed by atoms with van der Waals surface area (Å²) in [4.78, 5) is 0. The first kappa shape index (κ1) is 15.9. The molecule has 5 heteroatoms. The molecule has 0 saturated carbocycles. The van der Waals surface area contributed by atoms with Gasteiger partial charge < -0.3 is 24.6 Å². The van der Waals surface area contributed by atoms with E-state index in [1.807, 2.05) is 26.0 Å². The molecule has 0 spiro atoms. The molecule has 1 saturated heterocycles. The smallest absolute Gasteiger partial charge is 0.127 e. The van der Waals surface area contributed by atoms with Gasteiger partial charge in [-0.2, -0.15) is 0 Å². The van der Waals surface area contributed by atoms with Crippen LogP contribution in [0, 0.1) is 6.92 Å². The normalized spacial score (nSPS) is 18.9. The molecule has 1 aromatic rings. The van der Waals surface area contributed by atoms with E-state index in [4.69, 9.17) is 14.2 Å². The molecule has 0 radical (unpaired) electrons. The van der Waals surface area contributed by atoms with Gasteiger partial charge in [-0.05, 0) is 13.8 Å². The van der Waals surface area contributed by atoms with Gasteiger partial charge in [0.05, 0.1) is 25.9 Å². The minimum Gasteiger partial charge on any atom is -0.496 e. The van der Waals surface area contributed by atoms with E-state index in [1.165, 1.54) is 0 Å². The van der Waals surface area contributed by atoms with Crippen LogP contribution in [0.4, 0.5) is 5.69 Å². The molecule has 1 unspecified atom stereocenters. The summed E-state index contributed by atoms with van der Waals surface area (Å²) in [5, 5.41) is 14.1. The van der Waals surface area contributed by atoms with Crippen LogP contribution in [0.15, 0.2) is 12.1 Å². The molecule has 21 heavy (non-hydrogen) atoms. The second-order valence-corrected chi connectivity index (χ2v) is 5.59. The average molecular weight is 295 g/mol. The molecule has 0 bridgehead atoms. The molecule has 118 valence electrons. The Hall–Kier alpha value is -1.46. The molecular formula is C16H25NO4. The van der Waals surface area contributed by atoms with E-state index in [9.17, 15) is 5.11 Å². The minimum atomic E-state index is -0.746. The summed E-state index contributed by atoms with van der Waals surface area (Å²) >= 11 is 0. The van der Waals surface area contributed by atoms with E-state index in [0.717, 1.165) is 22.7 Å². The zero-order valence-corrected chi connectivity index (χ0v) is 13.2. The van der Waals surface area contributed by atoms with Crippen molar-refractivity contribution >= 4 is 5.69 Å². The maximum absolute atomic E-state index is 10.7. The van der Waals surface area contributed by atoms with E-state index in [1.54, 1.807) is 14.2 Å². The molecule has 0 amide bonds. The fourth-order valence-corrected chi connectivity index (χ4v) is 2.71. The number of anilines is 1. The van der Waals surface area contributed by atoms with Crippen molar-refractivity contribution in [1.29, 1.82) is 0 Å². The maximum atomic E-state index is 10.7. The van der Waals surface area contributed by atoms with E-state index in [0.29, 0.717) is 26.1 Å². The van der Waals surface area contributed by atoms with Crippen molar-refractivity contribution in [2.45, 2.75) is 38.3 Å². The van der Waals surface area contributed by atoms with E-state index < -0.39 is 5.60 Å². The molecular weight excluding hydrogens is 270 g/mol. The SMILES string of the molecule is COc1cc(NC(C)C2(O)CCOCC2)cc(OC)c1C. The highest BCUT2D eigenvalue weighted by Gasteiger charge is 2.35. The maximum Gasteiger partial charge on any atom is 0.127 e. The summed E-state index contributed by atoms with van der Waals surface area (Å²) in [6.45, 7) is 5.15. The first-order valence-corrected chi connectivity index (χ1v) is 7.29. The van der Waals surface area contributed by atoms with E-state index in [2.05, 4.69) is 5.32 Å². The van der Waals surface area contributed by atoms with Gasteiger partial charge >= 0.3 is 0 Å². The Balaban J connectivity index is 2.18. The summed E-state index contributed by atoms with van der Waals surface area (Å²) in [7, 11) is 3.28. The fourth-order valence-electron chi connectivity index (χ4n) is 2.71. The number of benzene rings is 1. The third-order valence-electron chi connectivity index (χ3n) is 4.30. The zero-order chi connectivity index (χ0) is 15.5. The van der Waals surface area contributed by atoms with Gasteiger partial charge in [0.2, 0.25) is 0 Å². The molecule has 1 atom stereocenters. The third kappa shape index (κ3) is 3.41. The fraction of sp³-hybridized carbons (Fsp3) is 0.625. The Labute approximate surface area is 126 Å². The molecule has 2 rings (SSSR count). The zero-order valence-electron chi connectivity index (χ0n) is 13.2. The Kier molecular flexibility index (Phi) is 4.96. The van der Waals surface area contributed by atoms with Crippen LogP contribution in [0.2, 0.25) is 0 Å². The van der Waals surface area contributed by atoms with Crippen LogP contribution in [-0.4, -0.2) is 44.2 Å². The number of aliphatic hydroxyl groups is 1. The van der Waals surface area contributed by atoms with Gasteiger partial charge in [-0.25, -0.2) is 0 Å². The number of hydrogen-bond donors (Lipinski definition) is 2. The Bertz CT molecular complexity index is 458. The van der Waals surface area contributed by atoms with Gasteiger partial charge in [0.1, 0.15) is 11.5 Å². The standard InChI is InChI=1S/C16H25NO4/c1-11-14(19-3)9-13(10-15(11)20-4)17-12(2)16(18)5-7-21-8-6-16/h9-10,12,17-18H,5-8H2,1-4H3. The van der Waals surface area contributed by atoms with Gasteiger partial charge in [0.15, 0.2) is 0 Å². The predicted octanol–water partition coefficient (Wildman–Crippen LogP) is 2.35. The lowest BCUT2D eigenvalue weighted by Crippen LogP contribution is -2.49. The lowest BCUT2D eigenvalue weighted by molar-refractivity contribution is -0.0711. The van der Waals surface area contributed by atoms with E-state index >= 15 is 0 Å². The first-order chi connectivity index (χ1) is 10.00. The van der Waals surface area contributed by atoms with Crippen molar-refractivity contribution in [1.82, 2.24) is 0 Å². The number of hydrogen-bond acceptors (Lipinski definition) is 5. The molecule has 1 fully saturated rings. The lowest BCUT2D eigenvalue weighted by atomic mass is 9.87. The van der Waals surface area contributed by atoms with Crippen molar-refractivity contribution in [3.63, 3.8) is 0 Å². The molecule has 1 aromatic carbocycles. The van der Waals surface area contributed by atoms with Gasteiger partial charge in [-0.1, -0.05) is 0 Å². The molecule has 5 nitrogen and oxygen atoms in total. The highest BCUT2D eigenvalue weighted by atomic mass is 16.5. The molecule has 0 aromatic heterocycles. The number of ether oxygens (including phenoxy) is 3. The quantitative estimate of drug-likeness (QED) is 0.873. The minimum absolute atomic E-state index is 0.0847. The largest absolute Gasteiger partial charge is 0.496 e. The highest BCUT2D eigenvalue weighted by molar-refractivity contribution is 5.59. The second kappa shape index (κ2) is 6.54. The number of rotatable bonds is 5. The second-order valence-electron chi connectivity index (χ2n) is 5.59. The number of methoxy groups -OCH3 is 2. The Morgan fingerprint density at radius 1 is 1.19 bits per heavy atom. The van der Waals surface area contributed by atoms with Gasteiger partial charge in [-0.3, -0.25) is 0 Å². The monoisotopic (exact) mass is 295 g/mol. The van der Waals surface area contributed by atoms with Crippen molar-refractivity contribution in [2.75, 3.05) is 32.8 Å². The molecule has 1 heterocycles. The summed E-state index contributed by atoms with van der Waals surface area (Å²) in [6.07, 6.45) is 1.28. The highest BCUT2D eigenvalue weighted by Crippen LogP contribution is 2.34. The van der Waals surface area contributed by atoms with Crippen LogP contribution >= 0.6 is 0 Å². The summed E-state index contributed by atoms with van der Waals surface area (Å²) < 4.78 is 16.1. The summed E-state index contributed by atoms with van der Waals surface area (Å²) in [5.41, 5.74) is 1.09. The van der Waals surface area contributed by atoms with Gasteiger partial charge in [0, 0.05) is 49.4 Å². The molecule has 2 N–H and O–H groups in total. The van der Waals surface area contributed by atoms with Crippen molar-refractivity contribution < 1.29 is 19.3 Å². The molecule has 1 aliphatic rings. The van der Waals surface area contributed by atoms with Gasteiger partial charge in [0.25, 0.3) is 0 Å². The molecule has 0 aliphatic carbocycles.